The van der Waals surface area contributed by atoms with Crippen molar-refractivity contribution >= 4 is 5.69 Å². The van der Waals surface area contributed by atoms with Crippen LogP contribution in [0.3, 0.4) is 0 Å². The van der Waals surface area contributed by atoms with E-state index in [1.807, 2.05) is 24.3 Å². The number of nitro groups is 1. The van der Waals surface area contributed by atoms with Crippen molar-refractivity contribution in [3.05, 3.63) is 104 Å². The Bertz CT molecular complexity index is 1070. The molecule has 3 aliphatic carbocycles. The molecule has 4 heteroatoms. The van der Waals surface area contributed by atoms with Crippen LogP contribution in [0.4, 0.5) is 5.69 Å². The lowest BCUT2D eigenvalue weighted by molar-refractivity contribution is -0.386. The number of phenolic OH excluding ortho intramolecular Hbond substituents is 1. The fourth-order valence-electron chi connectivity index (χ4n) is 5.13. The third-order valence-corrected chi connectivity index (χ3v) is 6.40. The van der Waals surface area contributed by atoms with Crippen molar-refractivity contribution in [2.75, 3.05) is 0 Å². The van der Waals surface area contributed by atoms with Gasteiger partial charge in [-0.15, -0.1) is 0 Å². The molecule has 3 aromatic rings. The minimum atomic E-state index is -0.513. The highest BCUT2D eigenvalue weighted by molar-refractivity contribution is 5.76. The van der Waals surface area contributed by atoms with Crippen molar-refractivity contribution < 1.29 is 10.0 Å². The van der Waals surface area contributed by atoms with E-state index in [0.29, 0.717) is 0 Å². The summed E-state index contributed by atoms with van der Waals surface area (Å²) in [6.07, 6.45) is 0. The van der Waals surface area contributed by atoms with Gasteiger partial charge in [-0.25, -0.2) is 0 Å². The van der Waals surface area contributed by atoms with Gasteiger partial charge in [0.05, 0.1) is 4.92 Å². The van der Waals surface area contributed by atoms with Crippen molar-refractivity contribution in [2.24, 2.45) is 0 Å². The molecular weight excluding hydrogens is 326 g/mol. The smallest absolute Gasteiger partial charge is 0.311 e. The van der Waals surface area contributed by atoms with Crippen LogP contribution >= 0.6 is 0 Å². The first-order chi connectivity index (χ1) is 12.4. The van der Waals surface area contributed by atoms with Gasteiger partial charge in [-0.2, -0.15) is 0 Å². The largest absolute Gasteiger partial charge is 0.502 e. The van der Waals surface area contributed by atoms with E-state index in [9.17, 15) is 15.2 Å². The van der Waals surface area contributed by atoms with Crippen LogP contribution in [0.25, 0.3) is 0 Å². The molecule has 128 valence electrons. The van der Waals surface area contributed by atoms with Crippen molar-refractivity contribution in [1.82, 2.24) is 0 Å². The van der Waals surface area contributed by atoms with Gasteiger partial charge < -0.3 is 5.11 Å². The highest BCUT2D eigenvalue weighted by Crippen LogP contribution is 2.62. The van der Waals surface area contributed by atoms with E-state index in [2.05, 4.69) is 38.1 Å². The molecule has 0 spiro atoms. The van der Waals surface area contributed by atoms with Gasteiger partial charge in [0, 0.05) is 16.9 Å². The molecule has 6 rings (SSSR count). The number of aromatic hydroxyl groups is 1. The summed E-state index contributed by atoms with van der Waals surface area (Å²) in [4.78, 5) is 10.9. The van der Waals surface area contributed by atoms with Crippen molar-refractivity contribution in [3.63, 3.8) is 0 Å². The zero-order chi connectivity index (χ0) is 18.3. The molecule has 0 aliphatic heterocycles. The van der Waals surface area contributed by atoms with Gasteiger partial charge in [0.15, 0.2) is 5.75 Å². The van der Waals surface area contributed by atoms with Gasteiger partial charge >= 0.3 is 5.69 Å². The van der Waals surface area contributed by atoms with Gasteiger partial charge in [0.25, 0.3) is 0 Å². The Hall–Kier alpha value is -3.14. The zero-order valence-electron chi connectivity index (χ0n) is 14.5. The first-order valence-electron chi connectivity index (χ1n) is 8.62. The molecule has 4 nitrogen and oxygen atoms in total. The van der Waals surface area contributed by atoms with E-state index < -0.39 is 15.8 Å². The minimum Gasteiger partial charge on any atom is -0.502 e. The second-order valence-corrected chi connectivity index (χ2v) is 7.48. The molecule has 0 saturated carbocycles. The summed E-state index contributed by atoms with van der Waals surface area (Å²) < 4.78 is 0. The SMILES string of the molecule is CC12c3ccccc3C(C)(c3ccccc31)c1cc([N+](=O)[O-])c(O)cc12. The second-order valence-electron chi connectivity index (χ2n) is 7.48. The van der Waals surface area contributed by atoms with E-state index in [-0.39, 0.29) is 11.4 Å². The number of nitrogens with zero attached hydrogens (tertiary/aromatic N) is 1. The standard InChI is InChI=1S/C22H17NO3/c1-21-13-7-3-5-9-15(13)22(2,16-10-6-4-8-14(16)21)18-12-20(24)19(23(25)26)11-17(18)21/h3-12,24H,1-2H3. The summed E-state index contributed by atoms with van der Waals surface area (Å²) in [6, 6.07) is 19.7. The lowest BCUT2D eigenvalue weighted by Crippen LogP contribution is -2.48. The van der Waals surface area contributed by atoms with Crippen LogP contribution in [0.15, 0.2) is 60.7 Å². The molecule has 0 saturated heterocycles. The van der Waals surface area contributed by atoms with Gasteiger partial charge in [-0.1, -0.05) is 48.5 Å². The molecule has 26 heavy (non-hydrogen) atoms. The first-order valence-corrected chi connectivity index (χ1v) is 8.62. The van der Waals surface area contributed by atoms with Crippen molar-refractivity contribution in [1.29, 1.82) is 0 Å². The van der Waals surface area contributed by atoms with Crippen molar-refractivity contribution in [3.8, 4) is 5.75 Å². The number of hydrogen-bond acceptors (Lipinski definition) is 3. The molecule has 0 amide bonds. The lowest BCUT2D eigenvalue weighted by atomic mass is 9.48. The van der Waals surface area contributed by atoms with E-state index in [4.69, 9.17) is 0 Å². The maximum Gasteiger partial charge on any atom is 0.311 e. The maximum atomic E-state index is 11.4. The minimum absolute atomic E-state index is 0.240. The van der Waals surface area contributed by atoms with Gasteiger partial charge in [-0.05, 0) is 53.3 Å². The Labute approximate surface area is 150 Å². The third-order valence-electron chi connectivity index (χ3n) is 6.40. The van der Waals surface area contributed by atoms with E-state index in [1.165, 1.54) is 22.3 Å². The maximum absolute atomic E-state index is 11.4. The predicted molar refractivity (Wildman–Crippen MR) is 98.8 cm³/mol. The summed E-state index contributed by atoms with van der Waals surface area (Å²) in [5.74, 6) is -0.277. The Morgan fingerprint density at radius 1 is 0.769 bits per heavy atom. The molecule has 0 unspecified atom stereocenters. The van der Waals surface area contributed by atoms with E-state index in [1.54, 1.807) is 12.1 Å². The summed E-state index contributed by atoms with van der Waals surface area (Å²) in [5, 5.41) is 21.8. The number of phenols is 1. The Morgan fingerprint density at radius 2 is 1.15 bits per heavy atom. The molecule has 2 bridgehead atoms. The van der Waals surface area contributed by atoms with Crippen LogP contribution in [0.1, 0.15) is 47.2 Å². The van der Waals surface area contributed by atoms with Gasteiger partial charge in [0.1, 0.15) is 0 Å². The fraction of sp³-hybridized carbons (Fsp3) is 0.182. The van der Waals surface area contributed by atoms with Crippen LogP contribution in [-0.4, -0.2) is 10.0 Å². The number of hydrogen-bond donors (Lipinski definition) is 1. The molecule has 0 aromatic heterocycles. The average Bonchev–Trinajstić information content (AvgIpc) is 2.65. The van der Waals surface area contributed by atoms with E-state index in [0.717, 1.165) is 11.1 Å². The average molecular weight is 343 g/mol. The molecule has 0 fully saturated rings. The molecule has 0 atom stereocenters. The Balaban J connectivity index is 2.00. The summed E-state index contributed by atoms with van der Waals surface area (Å²) in [6.45, 7) is 4.27. The summed E-state index contributed by atoms with van der Waals surface area (Å²) in [5.41, 5.74) is 5.41. The quantitative estimate of drug-likeness (QED) is 0.517. The Kier molecular flexibility index (Phi) is 2.63. The predicted octanol–water partition coefficient (Wildman–Crippen LogP) is 4.64. The van der Waals surface area contributed by atoms with Crippen LogP contribution in [-0.2, 0) is 10.8 Å². The highest BCUT2D eigenvalue weighted by Gasteiger charge is 2.55. The summed E-state index contributed by atoms with van der Waals surface area (Å²) in [7, 11) is 0. The van der Waals surface area contributed by atoms with Crippen LogP contribution in [0.2, 0.25) is 0 Å². The summed E-state index contributed by atoms with van der Waals surface area (Å²) >= 11 is 0. The Morgan fingerprint density at radius 3 is 1.54 bits per heavy atom. The van der Waals surface area contributed by atoms with Crippen LogP contribution < -0.4 is 0 Å². The van der Waals surface area contributed by atoms with Crippen LogP contribution in [0, 0.1) is 10.1 Å². The number of nitro benzene ring substituents is 1. The molecule has 3 aliphatic rings. The highest BCUT2D eigenvalue weighted by atomic mass is 16.6. The van der Waals surface area contributed by atoms with Crippen molar-refractivity contribution in [2.45, 2.75) is 24.7 Å². The van der Waals surface area contributed by atoms with E-state index >= 15 is 0 Å². The number of benzene rings is 3. The second kappa shape index (κ2) is 4.52. The molecular formula is C22H17NO3. The van der Waals surface area contributed by atoms with Gasteiger partial charge in [-0.3, -0.25) is 10.1 Å². The first kappa shape index (κ1) is 15.1. The third kappa shape index (κ3) is 1.47. The van der Waals surface area contributed by atoms with Crippen LogP contribution in [0.5, 0.6) is 5.75 Å². The molecule has 1 N–H and O–H groups in total. The normalized spacial score (nSPS) is 24.5. The lowest BCUT2D eigenvalue weighted by Gasteiger charge is -2.54. The topological polar surface area (TPSA) is 63.4 Å². The molecule has 3 aromatic carbocycles. The molecule has 0 heterocycles. The molecule has 0 radical (unpaired) electrons. The zero-order valence-corrected chi connectivity index (χ0v) is 14.5. The fourth-order valence-corrected chi connectivity index (χ4v) is 5.13. The van der Waals surface area contributed by atoms with Gasteiger partial charge in [0.2, 0.25) is 0 Å². The number of rotatable bonds is 1. The monoisotopic (exact) mass is 343 g/mol.